The van der Waals surface area contributed by atoms with E-state index in [0.29, 0.717) is 19.4 Å². The maximum absolute atomic E-state index is 12.9. The van der Waals surface area contributed by atoms with Crippen LogP contribution in [0.15, 0.2) is 30.6 Å². The molecule has 1 aromatic carbocycles. The molecule has 1 aliphatic heterocycles. The van der Waals surface area contributed by atoms with Crippen molar-refractivity contribution in [3.63, 3.8) is 0 Å². The van der Waals surface area contributed by atoms with Gasteiger partial charge in [-0.15, -0.1) is 0 Å². The molecule has 26 heavy (non-hydrogen) atoms. The molecule has 140 valence electrons. The molecule has 2 heterocycles. The van der Waals surface area contributed by atoms with Gasteiger partial charge in [-0.3, -0.25) is 4.79 Å². The van der Waals surface area contributed by atoms with Crippen LogP contribution in [0.4, 0.5) is 0 Å². The Labute approximate surface area is 153 Å². The van der Waals surface area contributed by atoms with Gasteiger partial charge in [0.1, 0.15) is 23.4 Å². The third kappa shape index (κ3) is 3.83. The molecule has 0 radical (unpaired) electrons. The number of nitrogens with zero attached hydrogens (tertiary/aromatic N) is 3. The fraction of sp³-hybridized carbons (Fsp3) is 0.474. The number of ether oxygens (including phenoxy) is 2. The number of hydrogen-bond acceptors (Lipinski definition) is 5. The number of methoxy groups -OCH3 is 2. The summed E-state index contributed by atoms with van der Waals surface area (Å²) < 4.78 is 12.7. The van der Waals surface area contributed by atoms with Gasteiger partial charge < -0.3 is 24.3 Å². The molecular formula is C19H26N4O3. The van der Waals surface area contributed by atoms with Crippen LogP contribution in [-0.4, -0.2) is 54.2 Å². The van der Waals surface area contributed by atoms with Crippen molar-refractivity contribution in [3.05, 3.63) is 42.0 Å². The maximum Gasteiger partial charge on any atom is 0.223 e. The van der Waals surface area contributed by atoms with E-state index in [0.717, 1.165) is 36.0 Å². The van der Waals surface area contributed by atoms with Crippen molar-refractivity contribution >= 4 is 5.91 Å². The van der Waals surface area contributed by atoms with Crippen molar-refractivity contribution in [3.8, 4) is 11.5 Å². The molecule has 1 aliphatic rings. The van der Waals surface area contributed by atoms with Crippen molar-refractivity contribution < 1.29 is 14.3 Å². The van der Waals surface area contributed by atoms with Crippen LogP contribution in [0.25, 0.3) is 0 Å². The lowest BCUT2D eigenvalue weighted by Crippen LogP contribution is -2.49. The van der Waals surface area contributed by atoms with Gasteiger partial charge in [0.2, 0.25) is 5.91 Å². The maximum atomic E-state index is 12.9. The number of benzene rings is 1. The van der Waals surface area contributed by atoms with Crippen LogP contribution in [0.2, 0.25) is 0 Å². The van der Waals surface area contributed by atoms with Crippen molar-refractivity contribution in [2.45, 2.75) is 18.9 Å². The first-order valence-electron chi connectivity index (χ1n) is 8.82. The predicted octanol–water partition coefficient (Wildman–Crippen LogP) is 1.54. The second-order valence-corrected chi connectivity index (χ2v) is 6.38. The van der Waals surface area contributed by atoms with Crippen molar-refractivity contribution in [1.29, 1.82) is 0 Å². The standard InChI is InChI=1S/C19H26N4O3/c1-22-10-9-21-19(22)16-13-20-8-11-23(16)18(24)7-4-14-12-15(25-2)5-6-17(14)26-3/h5-6,9-10,12,16,20H,4,7-8,11,13H2,1-3H3. The molecule has 1 atom stereocenters. The third-order valence-corrected chi connectivity index (χ3v) is 4.82. The fourth-order valence-electron chi connectivity index (χ4n) is 3.39. The third-order valence-electron chi connectivity index (χ3n) is 4.82. The average molecular weight is 358 g/mol. The molecule has 1 amide bonds. The largest absolute Gasteiger partial charge is 0.497 e. The van der Waals surface area contributed by atoms with Gasteiger partial charge >= 0.3 is 0 Å². The van der Waals surface area contributed by atoms with Gasteiger partial charge in [0, 0.05) is 45.5 Å². The summed E-state index contributed by atoms with van der Waals surface area (Å²) in [6.07, 6.45) is 4.71. The van der Waals surface area contributed by atoms with Gasteiger partial charge in [-0.1, -0.05) is 0 Å². The molecule has 1 saturated heterocycles. The first-order valence-corrected chi connectivity index (χ1v) is 8.82. The summed E-state index contributed by atoms with van der Waals surface area (Å²) in [6, 6.07) is 5.63. The zero-order valence-electron chi connectivity index (χ0n) is 15.6. The number of carbonyl (C=O) groups is 1. The summed E-state index contributed by atoms with van der Waals surface area (Å²) in [4.78, 5) is 19.3. The summed E-state index contributed by atoms with van der Waals surface area (Å²) in [5, 5.41) is 3.36. The lowest BCUT2D eigenvalue weighted by atomic mass is 10.1. The zero-order valence-corrected chi connectivity index (χ0v) is 15.6. The summed E-state index contributed by atoms with van der Waals surface area (Å²) in [7, 11) is 5.23. The molecule has 1 aromatic heterocycles. The van der Waals surface area contributed by atoms with Gasteiger partial charge in [0.25, 0.3) is 0 Å². The molecule has 7 nitrogen and oxygen atoms in total. The topological polar surface area (TPSA) is 68.6 Å². The van der Waals surface area contributed by atoms with Crippen LogP contribution >= 0.6 is 0 Å². The van der Waals surface area contributed by atoms with Crippen LogP contribution in [0.1, 0.15) is 23.9 Å². The monoisotopic (exact) mass is 358 g/mol. The zero-order chi connectivity index (χ0) is 18.5. The number of hydrogen-bond donors (Lipinski definition) is 1. The summed E-state index contributed by atoms with van der Waals surface area (Å²) in [5.41, 5.74) is 0.976. The van der Waals surface area contributed by atoms with E-state index in [1.165, 1.54) is 0 Å². The van der Waals surface area contributed by atoms with E-state index in [1.54, 1.807) is 20.4 Å². The Bertz CT molecular complexity index is 759. The number of imidazole rings is 1. The molecule has 7 heteroatoms. The van der Waals surface area contributed by atoms with Gasteiger partial charge in [0.05, 0.1) is 14.2 Å². The van der Waals surface area contributed by atoms with E-state index in [1.807, 2.05) is 40.9 Å². The van der Waals surface area contributed by atoms with Gasteiger partial charge in [-0.05, 0) is 30.2 Å². The molecule has 0 spiro atoms. The second kappa shape index (κ2) is 8.23. The lowest BCUT2D eigenvalue weighted by molar-refractivity contribution is -0.134. The minimum atomic E-state index is -0.0385. The lowest BCUT2D eigenvalue weighted by Gasteiger charge is -2.36. The molecule has 2 aromatic rings. The van der Waals surface area contributed by atoms with Gasteiger partial charge in [-0.25, -0.2) is 4.98 Å². The van der Waals surface area contributed by atoms with E-state index in [2.05, 4.69) is 10.3 Å². The molecule has 1 unspecified atom stereocenters. The minimum absolute atomic E-state index is 0.0385. The molecule has 1 N–H and O–H groups in total. The van der Waals surface area contributed by atoms with Crippen molar-refractivity contribution in [2.75, 3.05) is 33.9 Å². The predicted molar refractivity (Wildman–Crippen MR) is 98.4 cm³/mol. The van der Waals surface area contributed by atoms with Crippen LogP contribution in [-0.2, 0) is 18.3 Å². The van der Waals surface area contributed by atoms with E-state index in [-0.39, 0.29) is 11.9 Å². The van der Waals surface area contributed by atoms with Crippen molar-refractivity contribution in [1.82, 2.24) is 19.8 Å². The number of amides is 1. The number of nitrogens with one attached hydrogen (secondary N) is 1. The van der Waals surface area contributed by atoms with E-state index in [4.69, 9.17) is 9.47 Å². The van der Waals surface area contributed by atoms with Crippen molar-refractivity contribution in [2.24, 2.45) is 7.05 Å². The first kappa shape index (κ1) is 18.3. The summed E-state index contributed by atoms with van der Waals surface area (Å²) >= 11 is 0. The van der Waals surface area contributed by atoms with Crippen LogP contribution < -0.4 is 14.8 Å². The highest BCUT2D eigenvalue weighted by Crippen LogP contribution is 2.26. The van der Waals surface area contributed by atoms with E-state index >= 15 is 0 Å². The Balaban J connectivity index is 1.72. The fourth-order valence-corrected chi connectivity index (χ4v) is 3.39. The number of carbonyl (C=O) groups excluding carboxylic acids is 1. The molecule has 0 bridgehead atoms. The second-order valence-electron chi connectivity index (χ2n) is 6.38. The minimum Gasteiger partial charge on any atom is -0.497 e. The molecule has 1 fully saturated rings. The molecule has 3 rings (SSSR count). The van der Waals surface area contributed by atoms with Crippen LogP contribution in [0.5, 0.6) is 11.5 Å². The number of aromatic nitrogens is 2. The summed E-state index contributed by atoms with van der Waals surface area (Å²) in [6.45, 7) is 2.21. The highest BCUT2D eigenvalue weighted by atomic mass is 16.5. The highest BCUT2D eigenvalue weighted by Gasteiger charge is 2.30. The molecule has 0 saturated carbocycles. The number of aryl methyl sites for hydroxylation is 2. The Morgan fingerprint density at radius 1 is 1.35 bits per heavy atom. The normalized spacial score (nSPS) is 17.2. The highest BCUT2D eigenvalue weighted by molar-refractivity contribution is 5.77. The number of rotatable bonds is 6. The van der Waals surface area contributed by atoms with Crippen LogP contribution in [0.3, 0.4) is 0 Å². The van der Waals surface area contributed by atoms with Gasteiger partial charge in [0.15, 0.2) is 0 Å². The first-order chi connectivity index (χ1) is 12.6. The van der Waals surface area contributed by atoms with E-state index < -0.39 is 0 Å². The SMILES string of the molecule is COc1ccc(OC)c(CCC(=O)N2CCNCC2c2nccn2C)c1. The van der Waals surface area contributed by atoms with Crippen LogP contribution in [0, 0.1) is 0 Å². The smallest absolute Gasteiger partial charge is 0.223 e. The molecule has 0 aliphatic carbocycles. The Morgan fingerprint density at radius 2 is 2.19 bits per heavy atom. The quantitative estimate of drug-likeness (QED) is 0.848. The summed E-state index contributed by atoms with van der Waals surface area (Å²) in [5.74, 6) is 2.58. The van der Waals surface area contributed by atoms with E-state index in [9.17, 15) is 4.79 Å². The molecular weight excluding hydrogens is 332 g/mol. The Morgan fingerprint density at radius 3 is 2.88 bits per heavy atom. The average Bonchev–Trinajstić information content (AvgIpc) is 3.11. The number of piperazine rings is 1. The van der Waals surface area contributed by atoms with Gasteiger partial charge in [-0.2, -0.15) is 0 Å². The Kier molecular flexibility index (Phi) is 5.78. The Hall–Kier alpha value is -2.54.